The van der Waals surface area contributed by atoms with E-state index in [1.54, 1.807) is 0 Å². The van der Waals surface area contributed by atoms with Crippen molar-refractivity contribution < 1.29 is 0 Å². The van der Waals surface area contributed by atoms with E-state index in [2.05, 4.69) is 38.8 Å². The molecule has 0 aromatic rings. The van der Waals surface area contributed by atoms with E-state index in [9.17, 15) is 0 Å². The molecule has 0 radical (unpaired) electrons. The smallest absolute Gasteiger partial charge is 0.00525 e. The number of rotatable bonds is 1. The molecule has 2 bridgehead atoms. The Hall–Kier alpha value is 0.350. The average Bonchev–Trinajstić information content (AvgIpc) is 2.27. The third-order valence-electron chi connectivity index (χ3n) is 5.18. The minimum atomic E-state index is 0.610. The normalized spacial score (nSPS) is 48.0. The van der Waals surface area contributed by atoms with Crippen molar-refractivity contribution in [2.75, 3.05) is 6.26 Å². The van der Waals surface area contributed by atoms with Gasteiger partial charge >= 0.3 is 0 Å². The maximum absolute atomic E-state index is 2.52. The number of thioether (sulfide) groups is 1. The summed E-state index contributed by atoms with van der Waals surface area (Å²) in [5.74, 6) is 1.00. The molecule has 0 heterocycles. The van der Waals surface area contributed by atoms with Crippen LogP contribution in [0.1, 0.15) is 46.5 Å². The van der Waals surface area contributed by atoms with Crippen molar-refractivity contribution in [2.45, 2.75) is 51.7 Å². The van der Waals surface area contributed by atoms with Gasteiger partial charge in [0.05, 0.1) is 0 Å². The molecule has 2 aliphatic rings. The van der Waals surface area contributed by atoms with Crippen LogP contribution in [0.15, 0.2) is 0 Å². The summed E-state index contributed by atoms with van der Waals surface area (Å²) in [6, 6.07) is 0. The molecular formula is C12H22S. The Kier molecular flexibility index (Phi) is 2.22. The van der Waals surface area contributed by atoms with Crippen LogP contribution in [0.5, 0.6) is 0 Å². The Morgan fingerprint density at radius 2 is 1.92 bits per heavy atom. The van der Waals surface area contributed by atoms with Crippen molar-refractivity contribution >= 4 is 11.8 Å². The summed E-state index contributed by atoms with van der Waals surface area (Å²) < 4.78 is 0. The molecule has 0 aromatic carbocycles. The monoisotopic (exact) mass is 198 g/mol. The Labute approximate surface area is 86.9 Å². The summed E-state index contributed by atoms with van der Waals surface area (Å²) in [5, 5.41) is 0.950. The van der Waals surface area contributed by atoms with Crippen LogP contribution in [0.4, 0.5) is 0 Å². The Balaban J connectivity index is 2.24. The third kappa shape index (κ3) is 1.26. The zero-order valence-electron chi connectivity index (χ0n) is 9.39. The summed E-state index contributed by atoms with van der Waals surface area (Å²) >= 11 is 2.09. The fourth-order valence-corrected chi connectivity index (χ4v) is 4.49. The summed E-state index contributed by atoms with van der Waals surface area (Å²) in [6.45, 7) is 7.53. The maximum atomic E-state index is 2.52. The Morgan fingerprint density at radius 1 is 1.23 bits per heavy atom. The first-order valence-corrected chi connectivity index (χ1v) is 6.81. The predicted octanol–water partition coefficient (Wildman–Crippen LogP) is 3.95. The Bertz CT molecular complexity index is 209. The lowest BCUT2D eigenvalue weighted by Gasteiger charge is -2.48. The average molecular weight is 198 g/mol. The lowest BCUT2D eigenvalue weighted by atomic mass is 9.59. The maximum Gasteiger partial charge on any atom is 0.00525 e. The second kappa shape index (κ2) is 2.92. The van der Waals surface area contributed by atoms with E-state index < -0.39 is 0 Å². The second-order valence-corrected chi connectivity index (χ2v) is 6.95. The quantitative estimate of drug-likeness (QED) is 0.614. The van der Waals surface area contributed by atoms with Crippen LogP contribution >= 0.6 is 11.8 Å². The summed E-state index contributed by atoms with van der Waals surface area (Å²) in [5.41, 5.74) is 1.25. The first-order chi connectivity index (χ1) is 5.99. The molecule has 2 saturated carbocycles. The molecule has 2 fully saturated rings. The van der Waals surface area contributed by atoms with Gasteiger partial charge in [-0.05, 0) is 48.7 Å². The fourth-order valence-electron chi connectivity index (χ4n) is 3.53. The zero-order chi connectivity index (χ0) is 9.69. The topological polar surface area (TPSA) is 0 Å². The molecule has 3 atom stereocenters. The first-order valence-electron chi connectivity index (χ1n) is 5.52. The SMILES string of the molecule is CSC1CC2CCC(C)(C1)C2(C)C. The molecule has 1 heteroatoms. The van der Waals surface area contributed by atoms with Gasteiger partial charge in [0.15, 0.2) is 0 Å². The van der Waals surface area contributed by atoms with E-state index in [1.807, 2.05) is 0 Å². The molecule has 0 N–H and O–H groups in total. The molecule has 0 aliphatic heterocycles. The molecule has 76 valence electrons. The van der Waals surface area contributed by atoms with Gasteiger partial charge in [0.2, 0.25) is 0 Å². The van der Waals surface area contributed by atoms with Crippen molar-refractivity contribution in [3.8, 4) is 0 Å². The lowest BCUT2D eigenvalue weighted by molar-refractivity contribution is 0.0426. The molecule has 0 aromatic heterocycles. The van der Waals surface area contributed by atoms with Gasteiger partial charge in [-0.3, -0.25) is 0 Å². The van der Waals surface area contributed by atoms with Gasteiger partial charge in [0, 0.05) is 5.25 Å². The standard InChI is InChI=1S/C12H22S/c1-11(2)9-5-6-12(11,3)8-10(7-9)13-4/h9-10H,5-8H2,1-4H3. The number of hydrogen-bond acceptors (Lipinski definition) is 1. The van der Waals surface area contributed by atoms with E-state index in [0.717, 1.165) is 11.2 Å². The highest BCUT2D eigenvalue weighted by molar-refractivity contribution is 7.99. The molecule has 2 rings (SSSR count). The van der Waals surface area contributed by atoms with Crippen LogP contribution in [0, 0.1) is 16.7 Å². The summed E-state index contributed by atoms with van der Waals surface area (Å²) in [7, 11) is 0. The van der Waals surface area contributed by atoms with Crippen LogP contribution in [-0.4, -0.2) is 11.5 Å². The first kappa shape index (κ1) is 9.89. The molecule has 3 unspecified atom stereocenters. The van der Waals surface area contributed by atoms with Crippen molar-refractivity contribution in [2.24, 2.45) is 16.7 Å². The van der Waals surface area contributed by atoms with Crippen LogP contribution in [0.2, 0.25) is 0 Å². The van der Waals surface area contributed by atoms with Crippen LogP contribution in [0.3, 0.4) is 0 Å². The minimum Gasteiger partial charge on any atom is -0.162 e. The van der Waals surface area contributed by atoms with Crippen LogP contribution in [-0.2, 0) is 0 Å². The summed E-state index contributed by atoms with van der Waals surface area (Å²) in [6.07, 6.45) is 8.18. The van der Waals surface area contributed by atoms with E-state index in [4.69, 9.17) is 0 Å². The number of fused-ring (bicyclic) bond motifs is 2. The van der Waals surface area contributed by atoms with Gasteiger partial charge in [0.1, 0.15) is 0 Å². The molecule has 13 heavy (non-hydrogen) atoms. The highest BCUT2D eigenvalue weighted by Crippen LogP contribution is 2.64. The van der Waals surface area contributed by atoms with Gasteiger partial charge in [0.25, 0.3) is 0 Å². The highest BCUT2D eigenvalue weighted by atomic mass is 32.2. The Morgan fingerprint density at radius 3 is 2.46 bits per heavy atom. The second-order valence-electron chi connectivity index (χ2n) is 5.82. The zero-order valence-corrected chi connectivity index (χ0v) is 10.2. The van der Waals surface area contributed by atoms with Crippen molar-refractivity contribution in [1.82, 2.24) is 0 Å². The number of hydrogen-bond donors (Lipinski definition) is 0. The van der Waals surface area contributed by atoms with Crippen LogP contribution in [0.25, 0.3) is 0 Å². The largest absolute Gasteiger partial charge is 0.162 e. The van der Waals surface area contributed by atoms with Crippen molar-refractivity contribution in [3.63, 3.8) is 0 Å². The van der Waals surface area contributed by atoms with Gasteiger partial charge in [-0.25, -0.2) is 0 Å². The molecule has 0 spiro atoms. The van der Waals surface area contributed by atoms with Crippen molar-refractivity contribution in [1.29, 1.82) is 0 Å². The lowest BCUT2D eigenvalue weighted by Crippen LogP contribution is -2.41. The van der Waals surface area contributed by atoms with Gasteiger partial charge in [-0.15, -0.1) is 0 Å². The summed E-state index contributed by atoms with van der Waals surface area (Å²) in [4.78, 5) is 0. The van der Waals surface area contributed by atoms with E-state index in [-0.39, 0.29) is 0 Å². The third-order valence-corrected chi connectivity index (χ3v) is 6.21. The van der Waals surface area contributed by atoms with Gasteiger partial charge < -0.3 is 0 Å². The molecule has 2 aliphatic carbocycles. The highest BCUT2D eigenvalue weighted by Gasteiger charge is 2.55. The predicted molar refractivity (Wildman–Crippen MR) is 61.1 cm³/mol. The van der Waals surface area contributed by atoms with Gasteiger partial charge in [-0.1, -0.05) is 20.8 Å². The molecular weight excluding hydrogens is 176 g/mol. The minimum absolute atomic E-state index is 0.610. The van der Waals surface area contributed by atoms with Crippen LogP contribution < -0.4 is 0 Å². The van der Waals surface area contributed by atoms with E-state index in [0.29, 0.717) is 10.8 Å². The fraction of sp³-hybridized carbons (Fsp3) is 1.00. The molecule has 0 saturated heterocycles. The van der Waals surface area contributed by atoms with E-state index in [1.165, 1.54) is 25.7 Å². The molecule has 0 amide bonds. The van der Waals surface area contributed by atoms with E-state index >= 15 is 0 Å². The molecule has 0 nitrogen and oxygen atoms in total. The van der Waals surface area contributed by atoms with Crippen molar-refractivity contribution in [3.05, 3.63) is 0 Å². The van der Waals surface area contributed by atoms with Gasteiger partial charge in [-0.2, -0.15) is 11.8 Å².